The fourth-order valence-corrected chi connectivity index (χ4v) is 3.95. The van der Waals surface area contributed by atoms with Crippen LogP contribution >= 0.6 is 15.9 Å². The maximum atomic E-state index is 6.42. The molecule has 0 aliphatic heterocycles. The maximum Gasteiger partial charge on any atom is 0.192 e. The van der Waals surface area contributed by atoms with Crippen molar-refractivity contribution in [2.45, 2.75) is 52.2 Å². The number of hydrogen-bond acceptors (Lipinski definition) is 4. The lowest BCUT2D eigenvalue weighted by Gasteiger charge is -2.36. The Hall–Kier alpha value is -1.63. The smallest absolute Gasteiger partial charge is 0.192 e. The van der Waals surface area contributed by atoms with Gasteiger partial charge in [-0.1, -0.05) is 49.7 Å². The zero-order valence-electron chi connectivity index (χ0n) is 19.2. The van der Waals surface area contributed by atoms with E-state index in [0.29, 0.717) is 13.2 Å². The number of hydrogen-bond donors (Lipinski definition) is 0. The van der Waals surface area contributed by atoms with Crippen LogP contribution in [-0.2, 0) is 4.43 Å². The predicted octanol–water partition coefficient (Wildman–Crippen LogP) is 7.30. The van der Waals surface area contributed by atoms with E-state index in [1.54, 1.807) is 7.11 Å². The van der Waals surface area contributed by atoms with Crippen molar-refractivity contribution in [1.29, 1.82) is 0 Å². The molecule has 0 amide bonds. The average molecular weight is 493 g/mol. The maximum absolute atomic E-state index is 6.42. The fraction of sp³-hybridized carbons (Fsp3) is 0.458. The van der Waals surface area contributed by atoms with Crippen LogP contribution in [0.15, 0.2) is 41.6 Å². The van der Waals surface area contributed by atoms with Gasteiger partial charge in [-0.2, -0.15) is 0 Å². The Balaban J connectivity index is 2.29. The van der Waals surface area contributed by atoms with Gasteiger partial charge in [0.1, 0.15) is 0 Å². The Bertz CT molecular complexity index is 875. The Labute approximate surface area is 190 Å². The van der Waals surface area contributed by atoms with E-state index in [2.05, 4.69) is 67.8 Å². The van der Waals surface area contributed by atoms with Crippen molar-refractivity contribution in [1.82, 2.24) is 4.98 Å². The number of nitrogens with zero attached hydrogens (tertiary/aromatic N) is 1. The third kappa shape index (κ3) is 6.19. The number of ether oxygens (including phenoxy) is 2. The standard InChI is InChI=1S/C24H34BrNO3Si/c1-8-11-28-23-13-18(9-10-22(23)27-5)19-12-20(16-26-15-19)21(14-25)17-29-30(6,7)24(2,3)4/h9-10,12-16H,8,11,17H2,1-7H3/b21-14+. The van der Waals surface area contributed by atoms with Crippen LogP contribution in [0.5, 0.6) is 11.5 Å². The predicted molar refractivity (Wildman–Crippen MR) is 132 cm³/mol. The van der Waals surface area contributed by atoms with E-state index in [1.807, 2.05) is 35.6 Å². The van der Waals surface area contributed by atoms with Crippen molar-refractivity contribution in [2.75, 3.05) is 20.3 Å². The first-order valence-corrected chi connectivity index (χ1v) is 14.1. The summed E-state index contributed by atoms with van der Waals surface area (Å²) in [7, 11) is -0.180. The van der Waals surface area contributed by atoms with E-state index in [1.165, 1.54) is 0 Å². The van der Waals surface area contributed by atoms with Crippen molar-refractivity contribution in [3.63, 3.8) is 0 Å². The second kappa shape index (κ2) is 10.6. The molecule has 0 radical (unpaired) electrons. The topological polar surface area (TPSA) is 40.6 Å². The molecule has 0 unspecified atom stereocenters. The zero-order valence-corrected chi connectivity index (χ0v) is 21.8. The molecule has 0 saturated heterocycles. The minimum Gasteiger partial charge on any atom is -0.493 e. The van der Waals surface area contributed by atoms with E-state index < -0.39 is 8.32 Å². The molecule has 0 atom stereocenters. The Morgan fingerprint density at radius 3 is 2.43 bits per heavy atom. The van der Waals surface area contributed by atoms with Crippen LogP contribution in [-0.4, -0.2) is 33.6 Å². The number of pyridine rings is 1. The van der Waals surface area contributed by atoms with Crippen molar-refractivity contribution in [3.8, 4) is 22.6 Å². The molecule has 30 heavy (non-hydrogen) atoms. The summed E-state index contributed by atoms with van der Waals surface area (Å²) in [5.41, 5.74) is 4.17. The molecule has 0 fully saturated rings. The van der Waals surface area contributed by atoms with Gasteiger partial charge in [0.05, 0.1) is 20.3 Å². The van der Waals surface area contributed by atoms with E-state index in [-0.39, 0.29) is 5.04 Å². The third-order valence-corrected chi connectivity index (χ3v) is 10.6. The highest BCUT2D eigenvalue weighted by molar-refractivity contribution is 9.11. The summed E-state index contributed by atoms with van der Waals surface area (Å²) in [4.78, 5) is 6.41. The van der Waals surface area contributed by atoms with Gasteiger partial charge in [-0.05, 0) is 64.4 Å². The molecule has 1 aromatic carbocycles. The average Bonchev–Trinajstić information content (AvgIpc) is 2.71. The van der Waals surface area contributed by atoms with Gasteiger partial charge < -0.3 is 13.9 Å². The summed E-state index contributed by atoms with van der Waals surface area (Å²) >= 11 is 3.52. The SMILES string of the molecule is CCCOc1cc(-c2cncc(/C(=C/Br)CO[Si](C)(C)C(C)(C)C)c2)ccc1OC. The summed E-state index contributed by atoms with van der Waals surface area (Å²) in [5.74, 6) is 1.49. The molecule has 0 aliphatic rings. The molecule has 0 N–H and O–H groups in total. The van der Waals surface area contributed by atoms with Gasteiger partial charge >= 0.3 is 0 Å². The van der Waals surface area contributed by atoms with E-state index in [9.17, 15) is 0 Å². The lowest BCUT2D eigenvalue weighted by atomic mass is 10.0. The summed E-state index contributed by atoms with van der Waals surface area (Å²) in [6.45, 7) is 14.6. The molecule has 4 nitrogen and oxygen atoms in total. The lowest BCUT2D eigenvalue weighted by molar-refractivity contribution is 0.294. The molecule has 1 aromatic heterocycles. The van der Waals surface area contributed by atoms with Gasteiger partial charge in [-0.15, -0.1) is 0 Å². The molecule has 2 aromatic rings. The Morgan fingerprint density at radius 2 is 1.83 bits per heavy atom. The first-order chi connectivity index (χ1) is 14.1. The number of rotatable bonds is 9. The highest BCUT2D eigenvalue weighted by atomic mass is 79.9. The lowest BCUT2D eigenvalue weighted by Crippen LogP contribution is -2.41. The molecule has 2 rings (SSSR count). The summed E-state index contributed by atoms with van der Waals surface area (Å²) in [6, 6.07) is 8.12. The van der Waals surface area contributed by atoms with Crippen molar-refractivity contribution >= 4 is 29.8 Å². The van der Waals surface area contributed by atoms with Gasteiger partial charge in [0, 0.05) is 18.0 Å². The molecule has 1 heterocycles. The van der Waals surface area contributed by atoms with Gasteiger partial charge in [0.15, 0.2) is 19.8 Å². The second-order valence-electron chi connectivity index (χ2n) is 8.86. The molecule has 0 aliphatic carbocycles. The van der Waals surface area contributed by atoms with E-state index >= 15 is 0 Å². The number of benzene rings is 1. The molecule has 164 valence electrons. The normalized spacial score (nSPS) is 12.7. The zero-order chi connectivity index (χ0) is 22.4. The quantitative estimate of drug-likeness (QED) is 0.344. The fourth-order valence-electron chi connectivity index (χ4n) is 2.61. The summed E-state index contributed by atoms with van der Waals surface area (Å²) in [5, 5.41) is 0.169. The van der Waals surface area contributed by atoms with Crippen molar-refractivity contribution in [3.05, 3.63) is 47.2 Å². The van der Waals surface area contributed by atoms with Crippen molar-refractivity contribution in [2.24, 2.45) is 0 Å². The van der Waals surface area contributed by atoms with Gasteiger partial charge in [-0.25, -0.2) is 0 Å². The van der Waals surface area contributed by atoms with Gasteiger partial charge in [-0.3, -0.25) is 4.98 Å². The van der Waals surface area contributed by atoms with Gasteiger partial charge in [0.25, 0.3) is 0 Å². The van der Waals surface area contributed by atoms with Gasteiger partial charge in [0.2, 0.25) is 0 Å². The first kappa shape index (κ1) is 24.6. The number of halogens is 1. The first-order valence-electron chi connectivity index (χ1n) is 10.3. The number of methoxy groups -OCH3 is 1. The van der Waals surface area contributed by atoms with Crippen LogP contribution in [0.4, 0.5) is 0 Å². The summed E-state index contributed by atoms with van der Waals surface area (Å²) < 4.78 is 17.7. The molecule has 0 bridgehead atoms. The molecule has 0 spiro atoms. The van der Waals surface area contributed by atoms with Crippen molar-refractivity contribution < 1.29 is 13.9 Å². The highest BCUT2D eigenvalue weighted by Gasteiger charge is 2.37. The molecule has 6 heteroatoms. The summed E-state index contributed by atoms with van der Waals surface area (Å²) in [6.07, 6.45) is 4.69. The van der Waals surface area contributed by atoms with E-state index in [0.717, 1.165) is 40.2 Å². The Morgan fingerprint density at radius 1 is 1.10 bits per heavy atom. The van der Waals surface area contributed by atoms with E-state index in [4.69, 9.17) is 13.9 Å². The third-order valence-electron chi connectivity index (χ3n) is 5.59. The van der Waals surface area contributed by atoms with Crippen LogP contribution < -0.4 is 9.47 Å². The second-order valence-corrected chi connectivity index (χ2v) is 14.1. The molecular formula is C24H34BrNO3Si. The monoisotopic (exact) mass is 491 g/mol. The van der Waals surface area contributed by atoms with Crippen LogP contribution in [0, 0.1) is 0 Å². The largest absolute Gasteiger partial charge is 0.493 e. The van der Waals surface area contributed by atoms with Crippen LogP contribution in [0.25, 0.3) is 16.7 Å². The minimum atomic E-state index is -1.84. The number of aromatic nitrogens is 1. The van der Waals surface area contributed by atoms with Crippen LogP contribution in [0.2, 0.25) is 18.1 Å². The molecular weight excluding hydrogens is 458 g/mol. The van der Waals surface area contributed by atoms with Crippen LogP contribution in [0.1, 0.15) is 39.7 Å². The minimum absolute atomic E-state index is 0.169. The van der Waals surface area contributed by atoms with Crippen LogP contribution in [0.3, 0.4) is 0 Å². The Kier molecular flexibility index (Phi) is 8.70. The molecule has 0 saturated carbocycles. The highest BCUT2D eigenvalue weighted by Crippen LogP contribution is 2.38.